The van der Waals surface area contributed by atoms with Gasteiger partial charge in [-0.15, -0.1) is 0 Å². The van der Waals surface area contributed by atoms with Gasteiger partial charge in [0.05, 0.1) is 18.7 Å². The monoisotopic (exact) mass is 226 g/mol. The van der Waals surface area contributed by atoms with Crippen molar-refractivity contribution in [2.45, 2.75) is 13.3 Å². The van der Waals surface area contributed by atoms with Crippen LogP contribution >= 0.6 is 11.6 Å². The average molecular weight is 227 g/mol. The lowest BCUT2D eigenvalue weighted by Gasteiger charge is -2.08. The molecule has 0 aliphatic carbocycles. The first-order valence-corrected chi connectivity index (χ1v) is 5.23. The Labute approximate surface area is 95.1 Å². The summed E-state index contributed by atoms with van der Waals surface area (Å²) in [5.74, 6) is 0.724. The van der Waals surface area contributed by atoms with Gasteiger partial charge in [0.2, 0.25) is 0 Å². The molecule has 2 nitrogen and oxygen atoms in total. The first-order valence-electron chi connectivity index (χ1n) is 4.85. The second kappa shape index (κ2) is 5.79. The Kier molecular flexibility index (Phi) is 4.66. The molecule has 3 heteroatoms. The summed E-state index contributed by atoms with van der Waals surface area (Å²) in [5, 5.41) is 9.72. The number of hydrogen-bond donors (Lipinski definition) is 1. The van der Waals surface area contributed by atoms with Crippen molar-refractivity contribution in [3.8, 4) is 5.75 Å². The molecule has 0 spiro atoms. The van der Waals surface area contributed by atoms with Crippen LogP contribution in [0, 0.1) is 0 Å². The highest BCUT2D eigenvalue weighted by molar-refractivity contribution is 6.32. The third-order valence-electron chi connectivity index (χ3n) is 2.24. The van der Waals surface area contributed by atoms with Crippen LogP contribution in [0.15, 0.2) is 23.8 Å². The Bertz CT molecular complexity index is 353. The van der Waals surface area contributed by atoms with Crippen LogP contribution in [0.2, 0.25) is 5.02 Å². The SMILES string of the molecule is CC/C(=C/c1c(Cl)cccc1OC)CO. The third-order valence-corrected chi connectivity index (χ3v) is 2.57. The second-order valence-corrected chi connectivity index (χ2v) is 3.58. The minimum atomic E-state index is 0.0465. The van der Waals surface area contributed by atoms with Crippen LogP contribution in [-0.2, 0) is 0 Å². The molecule has 0 amide bonds. The van der Waals surface area contributed by atoms with Gasteiger partial charge in [-0.25, -0.2) is 0 Å². The minimum Gasteiger partial charge on any atom is -0.496 e. The van der Waals surface area contributed by atoms with E-state index >= 15 is 0 Å². The lowest BCUT2D eigenvalue weighted by atomic mass is 10.1. The number of hydrogen-bond acceptors (Lipinski definition) is 2. The minimum absolute atomic E-state index is 0.0465. The Morgan fingerprint density at radius 3 is 2.80 bits per heavy atom. The van der Waals surface area contributed by atoms with E-state index in [0.29, 0.717) is 5.02 Å². The molecule has 0 radical (unpaired) electrons. The molecule has 15 heavy (non-hydrogen) atoms. The molecule has 1 rings (SSSR count). The van der Waals surface area contributed by atoms with Gasteiger partial charge >= 0.3 is 0 Å². The van der Waals surface area contributed by atoms with Gasteiger partial charge < -0.3 is 9.84 Å². The van der Waals surface area contributed by atoms with Crippen LogP contribution in [0.1, 0.15) is 18.9 Å². The summed E-state index contributed by atoms with van der Waals surface area (Å²) in [6.45, 7) is 2.04. The first kappa shape index (κ1) is 12.1. The van der Waals surface area contributed by atoms with Crippen molar-refractivity contribution < 1.29 is 9.84 Å². The predicted octanol–water partition coefficient (Wildman–Crippen LogP) is 3.13. The van der Waals surface area contributed by atoms with E-state index in [1.54, 1.807) is 13.2 Å². The van der Waals surface area contributed by atoms with Crippen LogP contribution < -0.4 is 4.74 Å². The molecule has 0 unspecified atom stereocenters. The molecule has 0 aliphatic heterocycles. The molecule has 1 N–H and O–H groups in total. The normalized spacial score (nSPS) is 11.6. The summed E-state index contributed by atoms with van der Waals surface area (Å²) in [5.41, 5.74) is 1.76. The molecular weight excluding hydrogens is 212 g/mol. The van der Waals surface area contributed by atoms with Crippen molar-refractivity contribution in [2.24, 2.45) is 0 Å². The summed E-state index contributed by atoms with van der Waals surface area (Å²) >= 11 is 6.06. The molecule has 0 heterocycles. The maximum Gasteiger partial charge on any atom is 0.127 e. The zero-order valence-corrected chi connectivity index (χ0v) is 9.71. The van der Waals surface area contributed by atoms with Gasteiger partial charge in [-0.05, 0) is 30.2 Å². The van der Waals surface area contributed by atoms with E-state index in [1.807, 2.05) is 25.1 Å². The fourth-order valence-corrected chi connectivity index (χ4v) is 1.52. The van der Waals surface area contributed by atoms with E-state index in [0.717, 1.165) is 23.3 Å². The topological polar surface area (TPSA) is 29.5 Å². The summed E-state index contributed by atoms with van der Waals surface area (Å²) in [4.78, 5) is 0. The van der Waals surface area contributed by atoms with E-state index in [2.05, 4.69) is 0 Å². The summed E-state index contributed by atoms with van der Waals surface area (Å²) in [6.07, 6.45) is 2.67. The fourth-order valence-electron chi connectivity index (χ4n) is 1.30. The highest BCUT2D eigenvalue weighted by atomic mass is 35.5. The van der Waals surface area contributed by atoms with Gasteiger partial charge in [0.25, 0.3) is 0 Å². The van der Waals surface area contributed by atoms with E-state index in [4.69, 9.17) is 21.4 Å². The van der Waals surface area contributed by atoms with Crippen molar-refractivity contribution >= 4 is 17.7 Å². The molecule has 0 atom stereocenters. The third kappa shape index (κ3) is 2.98. The van der Waals surface area contributed by atoms with Crippen molar-refractivity contribution in [3.05, 3.63) is 34.4 Å². The number of methoxy groups -OCH3 is 1. The first-order chi connectivity index (χ1) is 7.22. The van der Waals surface area contributed by atoms with Crippen LogP contribution in [-0.4, -0.2) is 18.8 Å². The van der Waals surface area contributed by atoms with E-state index in [9.17, 15) is 0 Å². The van der Waals surface area contributed by atoms with Gasteiger partial charge in [-0.3, -0.25) is 0 Å². The Balaban J connectivity index is 3.17. The molecule has 0 fully saturated rings. The maximum absolute atomic E-state index is 9.09. The lowest BCUT2D eigenvalue weighted by Crippen LogP contribution is -1.92. The average Bonchev–Trinajstić information content (AvgIpc) is 2.27. The number of benzene rings is 1. The molecule has 0 aromatic heterocycles. The highest BCUT2D eigenvalue weighted by Crippen LogP contribution is 2.28. The second-order valence-electron chi connectivity index (χ2n) is 3.17. The van der Waals surface area contributed by atoms with Crippen LogP contribution in [0.25, 0.3) is 6.08 Å². The van der Waals surface area contributed by atoms with Crippen molar-refractivity contribution in [1.29, 1.82) is 0 Å². The smallest absolute Gasteiger partial charge is 0.127 e. The van der Waals surface area contributed by atoms with Crippen molar-refractivity contribution in [1.82, 2.24) is 0 Å². The van der Waals surface area contributed by atoms with Gasteiger partial charge in [-0.1, -0.05) is 24.6 Å². The number of ether oxygens (including phenoxy) is 1. The summed E-state index contributed by atoms with van der Waals surface area (Å²) in [6, 6.07) is 5.49. The Morgan fingerprint density at radius 2 is 2.27 bits per heavy atom. The molecule has 1 aromatic rings. The molecular formula is C12H15ClO2. The number of rotatable bonds is 4. The molecule has 82 valence electrons. The van der Waals surface area contributed by atoms with Crippen molar-refractivity contribution in [3.63, 3.8) is 0 Å². The zero-order valence-electron chi connectivity index (χ0n) is 8.96. The largest absolute Gasteiger partial charge is 0.496 e. The number of aliphatic hydroxyl groups excluding tert-OH is 1. The number of halogens is 1. The Morgan fingerprint density at radius 1 is 1.53 bits per heavy atom. The van der Waals surface area contributed by atoms with Crippen LogP contribution in [0.4, 0.5) is 0 Å². The quantitative estimate of drug-likeness (QED) is 0.855. The predicted molar refractivity (Wildman–Crippen MR) is 63.4 cm³/mol. The fraction of sp³-hybridized carbons (Fsp3) is 0.333. The van der Waals surface area contributed by atoms with Gasteiger partial charge in [0.15, 0.2) is 0 Å². The van der Waals surface area contributed by atoms with E-state index in [1.165, 1.54) is 0 Å². The maximum atomic E-state index is 9.09. The van der Waals surface area contributed by atoms with Gasteiger partial charge in [0, 0.05) is 5.56 Å². The molecule has 0 bridgehead atoms. The van der Waals surface area contributed by atoms with Gasteiger partial charge in [0.1, 0.15) is 5.75 Å². The standard InChI is InChI=1S/C12H15ClO2/c1-3-9(8-14)7-10-11(13)5-4-6-12(10)15-2/h4-7,14H,3,8H2,1-2H3/b9-7-. The molecule has 0 aliphatic rings. The Hall–Kier alpha value is -0.990. The van der Waals surface area contributed by atoms with E-state index < -0.39 is 0 Å². The summed E-state index contributed by atoms with van der Waals surface area (Å²) < 4.78 is 5.21. The molecule has 1 aromatic carbocycles. The molecule has 0 saturated heterocycles. The summed E-state index contributed by atoms with van der Waals surface area (Å²) in [7, 11) is 1.60. The lowest BCUT2D eigenvalue weighted by molar-refractivity contribution is 0.329. The highest BCUT2D eigenvalue weighted by Gasteiger charge is 2.05. The molecule has 0 saturated carbocycles. The van der Waals surface area contributed by atoms with E-state index in [-0.39, 0.29) is 6.61 Å². The van der Waals surface area contributed by atoms with Crippen LogP contribution in [0.5, 0.6) is 5.75 Å². The van der Waals surface area contributed by atoms with Crippen LogP contribution in [0.3, 0.4) is 0 Å². The van der Waals surface area contributed by atoms with Gasteiger partial charge in [-0.2, -0.15) is 0 Å². The van der Waals surface area contributed by atoms with Crippen molar-refractivity contribution in [2.75, 3.05) is 13.7 Å². The zero-order chi connectivity index (χ0) is 11.3. The number of aliphatic hydroxyl groups is 1.